The minimum absolute atomic E-state index is 0.0190. The number of methoxy groups -OCH3 is 1. The standard InChI is InChI=1S/C18H26N4O2/c1-11-9-14(12(2)19)16-15(10-11)17(23)21(3)18(20-16)22-7-5-13(24-4)6-8-22/h9-10,12-13H,5-8,19H2,1-4H3. The van der Waals surface area contributed by atoms with Gasteiger partial charge in [-0.2, -0.15) is 0 Å². The van der Waals surface area contributed by atoms with E-state index < -0.39 is 0 Å². The average molecular weight is 330 g/mol. The number of hydrogen-bond acceptors (Lipinski definition) is 5. The molecule has 3 rings (SSSR count). The second-order valence-electron chi connectivity index (χ2n) is 6.74. The first kappa shape index (κ1) is 16.9. The maximum Gasteiger partial charge on any atom is 0.262 e. The number of nitrogens with two attached hydrogens (primary N) is 1. The van der Waals surface area contributed by atoms with Gasteiger partial charge in [0.05, 0.1) is 17.0 Å². The first-order chi connectivity index (χ1) is 11.4. The lowest BCUT2D eigenvalue weighted by atomic mass is 10.0. The smallest absolute Gasteiger partial charge is 0.262 e. The van der Waals surface area contributed by atoms with Crippen LogP contribution in [0.2, 0.25) is 0 Å². The fourth-order valence-electron chi connectivity index (χ4n) is 3.46. The summed E-state index contributed by atoms with van der Waals surface area (Å²) in [6.45, 7) is 5.58. The molecule has 6 heteroatoms. The molecule has 1 saturated heterocycles. The number of benzene rings is 1. The van der Waals surface area contributed by atoms with Crippen LogP contribution in [0.4, 0.5) is 5.95 Å². The maximum absolute atomic E-state index is 12.9. The fraction of sp³-hybridized carbons (Fsp3) is 0.556. The van der Waals surface area contributed by atoms with Crippen LogP contribution in [0.1, 0.15) is 36.9 Å². The van der Waals surface area contributed by atoms with Crippen LogP contribution in [0.3, 0.4) is 0 Å². The highest BCUT2D eigenvalue weighted by atomic mass is 16.5. The molecule has 0 bridgehead atoms. The van der Waals surface area contributed by atoms with Crippen LogP contribution in [-0.4, -0.2) is 35.9 Å². The second kappa shape index (κ2) is 6.53. The molecule has 2 heterocycles. The van der Waals surface area contributed by atoms with Crippen molar-refractivity contribution in [1.29, 1.82) is 0 Å². The average Bonchev–Trinajstić information content (AvgIpc) is 2.58. The molecule has 0 amide bonds. The molecule has 1 fully saturated rings. The van der Waals surface area contributed by atoms with Gasteiger partial charge >= 0.3 is 0 Å². The van der Waals surface area contributed by atoms with E-state index in [2.05, 4.69) is 4.90 Å². The van der Waals surface area contributed by atoms with Crippen molar-refractivity contribution in [2.24, 2.45) is 12.8 Å². The normalized spacial score (nSPS) is 17.5. The van der Waals surface area contributed by atoms with E-state index >= 15 is 0 Å². The van der Waals surface area contributed by atoms with Crippen LogP contribution in [0.25, 0.3) is 10.9 Å². The highest BCUT2D eigenvalue weighted by Gasteiger charge is 2.23. The van der Waals surface area contributed by atoms with Gasteiger partial charge in [0.15, 0.2) is 0 Å². The molecule has 1 aliphatic rings. The van der Waals surface area contributed by atoms with Crippen molar-refractivity contribution in [2.75, 3.05) is 25.1 Å². The van der Waals surface area contributed by atoms with Gasteiger partial charge in [0.2, 0.25) is 5.95 Å². The van der Waals surface area contributed by atoms with Gasteiger partial charge in [0.25, 0.3) is 5.56 Å². The summed E-state index contributed by atoms with van der Waals surface area (Å²) in [6.07, 6.45) is 2.18. The zero-order valence-electron chi connectivity index (χ0n) is 14.9. The van der Waals surface area contributed by atoms with Crippen molar-refractivity contribution in [3.05, 3.63) is 33.6 Å². The third-order valence-corrected chi connectivity index (χ3v) is 4.88. The Morgan fingerprint density at radius 1 is 1.33 bits per heavy atom. The van der Waals surface area contributed by atoms with E-state index in [1.807, 2.05) is 26.0 Å². The lowest BCUT2D eigenvalue weighted by molar-refractivity contribution is 0.0815. The Bertz CT molecular complexity index is 805. The molecule has 130 valence electrons. The van der Waals surface area contributed by atoms with Gasteiger partial charge in [-0.1, -0.05) is 6.07 Å². The van der Waals surface area contributed by atoms with Crippen LogP contribution >= 0.6 is 0 Å². The van der Waals surface area contributed by atoms with Crippen molar-refractivity contribution >= 4 is 16.9 Å². The topological polar surface area (TPSA) is 73.4 Å². The van der Waals surface area contributed by atoms with E-state index in [9.17, 15) is 4.79 Å². The Labute approximate surface area is 142 Å². The molecule has 0 saturated carbocycles. The zero-order valence-corrected chi connectivity index (χ0v) is 14.9. The number of aryl methyl sites for hydroxylation is 1. The van der Waals surface area contributed by atoms with E-state index in [1.165, 1.54) is 0 Å². The molecule has 0 spiro atoms. The van der Waals surface area contributed by atoms with Crippen LogP contribution in [-0.2, 0) is 11.8 Å². The highest BCUT2D eigenvalue weighted by Crippen LogP contribution is 2.25. The first-order valence-electron chi connectivity index (χ1n) is 8.47. The Morgan fingerprint density at radius 3 is 2.58 bits per heavy atom. The Balaban J connectivity index is 2.13. The van der Waals surface area contributed by atoms with Crippen LogP contribution in [0.15, 0.2) is 16.9 Å². The number of anilines is 1. The van der Waals surface area contributed by atoms with E-state index in [4.69, 9.17) is 15.5 Å². The van der Waals surface area contributed by atoms with Crippen molar-refractivity contribution in [1.82, 2.24) is 9.55 Å². The van der Waals surface area contributed by atoms with Crippen LogP contribution in [0.5, 0.6) is 0 Å². The molecule has 1 aliphatic heterocycles. The van der Waals surface area contributed by atoms with E-state index in [1.54, 1.807) is 18.7 Å². The van der Waals surface area contributed by atoms with Gasteiger partial charge in [-0.3, -0.25) is 9.36 Å². The molecule has 6 nitrogen and oxygen atoms in total. The Hall–Kier alpha value is -1.92. The molecule has 1 aromatic carbocycles. The lowest BCUT2D eigenvalue weighted by Gasteiger charge is -2.33. The van der Waals surface area contributed by atoms with Gasteiger partial charge in [0.1, 0.15) is 0 Å². The molecule has 24 heavy (non-hydrogen) atoms. The van der Waals surface area contributed by atoms with Gasteiger partial charge in [-0.05, 0) is 43.9 Å². The molecular weight excluding hydrogens is 304 g/mol. The van der Waals surface area contributed by atoms with Crippen LogP contribution < -0.4 is 16.2 Å². The van der Waals surface area contributed by atoms with E-state index in [-0.39, 0.29) is 11.6 Å². The number of piperidine rings is 1. The fourth-order valence-corrected chi connectivity index (χ4v) is 3.46. The first-order valence-corrected chi connectivity index (χ1v) is 8.47. The predicted octanol–water partition coefficient (Wildman–Crippen LogP) is 1.88. The summed E-state index contributed by atoms with van der Waals surface area (Å²) in [5.74, 6) is 0.716. The minimum Gasteiger partial charge on any atom is -0.381 e. The van der Waals surface area contributed by atoms with Crippen molar-refractivity contribution in [3.8, 4) is 0 Å². The molecule has 2 N–H and O–H groups in total. The molecule has 1 atom stereocenters. The molecule has 1 unspecified atom stereocenters. The third-order valence-electron chi connectivity index (χ3n) is 4.88. The summed E-state index contributed by atoms with van der Waals surface area (Å²) < 4.78 is 7.08. The number of nitrogens with zero attached hydrogens (tertiary/aromatic N) is 3. The molecule has 0 aliphatic carbocycles. The number of aromatic nitrogens is 2. The summed E-state index contributed by atoms with van der Waals surface area (Å²) in [5.41, 5.74) is 8.78. The SMILES string of the molecule is COC1CCN(c2nc3c(C(C)N)cc(C)cc3c(=O)n2C)CC1. The number of ether oxygens (including phenoxy) is 1. The quantitative estimate of drug-likeness (QED) is 0.930. The molecule has 2 aromatic rings. The Kier molecular flexibility index (Phi) is 4.60. The van der Waals surface area contributed by atoms with Crippen molar-refractivity contribution in [3.63, 3.8) is 0 Å². The number of hydrogen-bond donors (Lipinski definition) is 1. The van der Waals surface area contributed by atoms with Crippen molar-refractivity contribution < 1.29 is 4.74 Å². The van der Waals surface area contributed by atoms with Gasteiger partial charge in [-0.25, -0.2) is 4.98 Å². The predicted molar refractivity (Wildman–Crippen MR) is 96.6 cm³/mol. The van der Waals surface area contributed by atoms with Gasteiger partial charge in [-0.15, -0.1) is 0 Å². The highest BCUT2D eigenvalue weighted by molar-refractivity contribution is 5.83. The van der Waals surface area contributed by atoms with Crippen molar-refractivity contribution in [2.45, 2.75) is 38.8 Å². The monoisotopic (exact) mass is 330 g/mol. The molecule has 1 aromatic heterocycles. The largest absolute Gasteiger partial charge is 0.381 e. The second-order valence-corrected chi connectivity index (χ2v) is 6.74. The molecular formula is C18H26N4O2. The summed E-state index contributed by atoms with van der Waals surface area (Å²) in [4.78, 5) is 19.9. The van der Waals surface area contributed by atoms with Gasteiger partial charge < -0.3 is 15.4 Å². The van der Waals surface area contributed by atoms with Gasteiger partial charge in [0, 0.05) is 33.3 Å². The minimum atomic E-state index is -0.168. The summed E-state index contributed by atoms with van der Waals surface area (Å²) in [6, 6.07) is 3.76. The molecule has 0 radical (unpaired) electrons. The van der Waals surface area contributed by atoms with E-state index in [0.29, 0.717) is 17.4 Å². The van der Waals surface area contributed by atoms with Crippen LogP contribution in [0, 0.1) is 6.92 Å². The van der Waals surface area contributed by atoms with E-state index in [0.717, 1.165) is 42.6 Å². The summed E-state index contributed by atoms with van der Waals surface area (Å²) in [7, 11) is 3.54. The number of rotatable bonds is 3. The zero-order chi connectivity index (χ0) is 17.4. The summed E-state index contributed by atoms with van der Waals surface area (Å²) in [5, 5.41) is 0.639. The summed E-state index contributed by atoms with van der Waals surface area (Å²) >= 11 is 0. The lowest BCUT2D eigenvalue weighted by Crippen LogP contribution is -2.40. The third kappa shape index (κ3) is 2.91. The Morgan fingerprint density at radius 2 is 2.00 bits per heavy atom. The maximum atomic E-state index is 12.9. The number of fused-ring (bicyclic) bond motifs is 1.